The first-order valence-corrected chi connectivity index (χ1v) is 6.96. The summed E-state index contributed by atoms with van der Waals surface area (Å²) in [6.45, 7) is 5.77. The van der Waals surface area contributed by atoms with Crippen LogP contribution < -0.4 is 10.9 Å². The van der Waals surface area contributed by atoms with Gasteiger partial charge in [-0.05, 0) is 38.5 Å². The van der Waals surface area contributed by atoms with Gasteiger partial charge in [-0.1, -0.05) is 18.2 Å². The third kappa shape index (κ3) is 4.44. The lowest BCUT2D eigenvalue weighted by atomic mass is 10.1. The highest BCUT2D eigenvalue weighted by Gasteiger charge is 2.14. The van der Waals surface area contributed by atoms with Crippen LogP contribution >= 0.6 is 0 Å². The molecule has 1 aromatic carbocycles. The van der Waals surface area contributed by atoms with Crippen LogP contribution in [0.4, 0.5) is 4.79 Å². The van der Waals surface area contributed by atoms with Crippen molar-refractivity contribution in [2.75, 3.05) is 6.54 Å². The van der Waals surface area contributed by atoms with Crippen LogP contribution in [0.25, 0.3) is 17.0 Å². The number of rotatable bonds is 3. The van der Waals surface area contributed by atoms with E-state index in [0.717, 1.165) is 5.56 Å². The minimum atomic E-state index is -0.514. The highest BCUT2D eigenvalue weighted by atomic mass is 16.6. The zero-order valence-electron chi connectivity index (χ0n) is 12.8. The molecule has 22 heavy (non-hydrogen) atoms. The Balaban J connectivity index is 1.98. The van der Waals surface area contributed by atoms with Crippen molar-refractivity contribution < 1.29 is 9.53 Å². The van der Waals surface area contributed by atoms with Crippen LogP contribution in [0.5, 0.6) is 0 Å². The molecule has 6 heteroatoms. The molecule has 0 unspecified atom stereocenters. The standard InChI is InChI=1S/C16H19N3O3/c1-16(2,3)22-15(21)17-8-4-5-11-6-7-13-12(9-11)14(20)19-10-18-13/h4-7,9-10H,8H2,1-3H3,(H,17,21)(H,18,19,20). The first-order valence-electron chi connectivity index (χ1n) is 6.96. The highest BCUT2D eigenvalue weighted by molar-refractivity contribution is 5.80. The molecule has 1 amide bonds. The molecule has 0 atom stereocenters. The maximum absolute atomic E-state index is 11.7. The van der Waals surface area contributed by atoms with Crippen molar-refractivity contribution in [2.24, 2.45) is 0 Å². The summed E-state index contributed by atoms with van der Waals surface area (Å²) in [5.41, 5.74) is 0.817. The Morgan fingerprint density at radius 2 is 2.18 bits per heavy atom. The Morgan fingerprint density at radius 1 is 1.41 bits per heavy atom. The van der Waals surface area contributed by atoms with E-state index in [1.807, 2.05) is 32.9 Å². The summed E-state index contributed by atoms with van der Waals surface area (Å²) >= 11 is 0. The Bertz CT molecular complexity index is 757. The van der Waals surface area contributed by atoms with E-state index < -0.39 is 11.7 Å². The smallest absolute Gasteiger partial charge is 0.407 e. The van der Waals surface area contributed by atoms with Crippen LogP contribution in [0.1, 0.15) is 26.3 Å². The van der Waals surface area contributed by atoms with Gasteiger partial charge in [-0.2, -0.15) is 0 Å². The topological polar surface area (TPSA) is 84.1 Å². The molecule has 0 fully saturated rings. The summed E-state index contributed by atoms with van der Waals surface area (Å²) < 4.78 is 5.13. The average molecular weight is 301 g/mol. The third-order valence-electron chi connectivity index (χ3n) is 2.74. The fraction of sp³-hybridized carbons (Fsp3) is 0.312. The maximum Gasteiger partial charge on any atom is 0.407 e. The van der Waals surface area contributed by atoms with E-state index in [0.29, 0.717) is 17.4 Å². The number of H-pyrrole nitrogens is 1. The predicted octanol–water partition coefficient (Wildman–Crippen LogP) is 2.46. The molecule has 0 aliphatic heterocycles. The second-order valence-electron chi connectivity index (χ2n) is 5.79. The van der Waals surface area contributed by atoms with Gasteiger partial charge in [0, 0.05) is 6.54 Å². The second-order valence-corrected chi connectivity index (χ2v) is 5.79. The van der Waals surface area contributed by atoms with E-state index in [1.54, 1.807) is 18.2 Å². The number of nitrogens with one attached hydrogen (secondary N) is 2. The van der Waals surface area contributed by atoms with Gasteiger partial charge < -0.3 is 15.0 Å². The summed E-state index contributed by atoms with van der Waals surface area (Å²) in [7, 11) is 0. The van der Waals surface area contributed by atoms with Gasteiger partial charge in [-0.15, -0.1) is 0 Å². The van der Waals surface area contributed by atoms with Gasteiger partial charge in [-0.3, -0.25) is 4.79 Å². The predicted molar refractivity (Wildman–Crippen MR) is 85.6 cm³/mol. The van der Waals surface area contributed by atoms with Crippen LogP contribution in [0.15, 0.2) is 35.4 Å². The maximum atomic E-state index is 11.7. The fourth-order valence-corrected chi connectivity index (χ4v) is 1.84. The normalized spacial score (nSPS) is 11.8. The van der Waals surface area contributed by atoms with Crippen LogP contribution in [0.3, 0.4) is 0 Å². The number of alkyl carbamates (subject to hydrolysis) is 1. The van der Waals surface area contributed by atoms with Crippen molar-refractivity contribution in [3.8, 4) is 0 Å². The van der Waals surface area contributed by atoms with Crippen LogP contribution in [-0.2, 0) is 4.74 Å². The van der Waals surface area contributed by atoms with E-state index in [-0.39, 0.29) is 5.56 Å². The molecule has 0 aliphatic carbocycles. The van der Waals surface area contributed by atoms with Crippen LogP contribution in [0, 0.1) is 0 Å². The molecule has 2 aromatic rings. The molecule has 0 radical (unpaired) electrons. The molecular formula is C16H19N3O3. The lowest BCUT2D eigenvalue weighted by Crippen LogP contribution is -2.32. The van der Waals surface area contributed by atoms with Crippen molar-refractivity contribution in [1.29, 1.82) is 0 Å². The largest absolute Gasteiger partial charge is 0.444 e. The van der Waals surface area contributed by atoms with Crippen molar-refractivity contribution in [2.45, 2.75) is 26.4 Å². The van der Waals surface area contributed by atoms with Crippen LogP contribution in [-0.4, -0.2) is 28.2 Å². The summed E-state index contributed by atoms with van der Waals surface area (Å²) in [5.74, 6) is 0. The Labute approximate surface area is 128 Å². The third-order valence-corrected chi connectivity index (χ3v) is 2.74. The number of nitrogens with zero attached hydrogens (tertiary/aromatic N) is 1. The number of aromatic amines is 1. The number of hydrogen-bond acceptors (Lipinski definition) is 4. The van der Waals surface area contributed by atoms with Gasteiger partial charge in [0.2, 0.25) is 0 Å². The number of hydrogen-bond donors (Lipinski definition) is 2. The molecule has 2 rings (SSSR count). The molecular weight excluding hydrogens is 282 g/mol. The molecule has 1 aromatic heterocycles. The van der Waals surface area contributed by atoms with Crippen molar-refractivity contribution in [1.82, 2.24) is 15.3 Å². The van der Waals surface area contributed by atoms with E-state index in [2.05, 4.69) is 15.3 Å². The fourth-order valence-electron chi connectivity index (χ4n) is 1.84. The molecule has 0 saturated carbocycles. The number of ether oxygens (including phenoxy) is 1. The van der Waals surface area contributed by atoms with E-state index in [1.165, 1.54) is 6.33 Å². The number of aromatic nitrogens is 2. The first kappa shape index (κ1) is 15.8. The Kier molecular flexibility index (Phi) is 4.60. The van der Waals surface area contributed by atoms with E-state index in [4.69, 9.17) is 4.74 Å². The number of carbonyl (C=O) groups is 1. The summed E-state index contributed by atoms with van der Waals surface area (Å²) in [5, 5.41) is 3.16. The molecule has 2 N–H and O–H groups in total. The molecule has 0 saturated heterocycles. The quantitative estimate of drug-likeness (QED) is 0.912. The first-order chi connectivity index (χ1) is 10.3. The van der Waals surface area contributed by atoms with Gasteiger partial charge >= 0.3 is 6.09 Å². The molecule has 0 spiro atoms. The monoisotopic (exact) mass is 301 g/mol. The lowest BCUT2D eigenvalue weighted by molar-refractivity contribution is 0.0534. The molecule has 6 nitrogen and oxygen atoms in total. The van der Waals surface area contributed by atoms with Gasteiger partial charge in [0.25, 0.3) is 5.56 Å². The van der Waals surface area contributed by atoms with Gasteiger partial charge in [0.05, 0.1) is 17.2 Å². The second kappa shape index (κ2) is 6.43. The zero-order chi connectivity index (χ0) is 16.2. The highest BCUT2D eigenvalue weighted by Crippen LogP contribution is 2.10. The number of carbonyl (C=O) groups excluding carboxylic acids is 1. The lowest BCUT2D eigenvalue weighted by Gasteiger charge is -2.19. The average Bonchev–Trinajstić information content (AvgIpc) is 2.42. The van der Waals surface area contributed by atoms with Gasteiger partial charge in [0.1, 0.15) is 5.60 Å². The minimum absolute atomic E-state index is 0.174. The SMILES string of the molecule is CC(C)(C)OC(=O)NCC=Cc1ccc2nc[nH]c(=O)c2c1. The summed E-state index contributed by atoms with van der Waals surface area (Å²) in [6.07, 6.45) is 4.53. The summed E-state index contributed by atoms with van der Waals surface area (Å²) in [4.78, 5) is 29.8. The zero-order valence-corrected chi connectivity index (χ0v) is 12.8. The Hall–Kier alpha value is -2.63. The van der Waals surface area contributed by atoms with Gasteiger partial charge in [0.15, 0.2) is 0 Å². The van der Waals surface area contributed by atoms with Crippen molar-refractivity contribution in [3.05, 3.63) is 46.5 Å². The number of fused-ring (bicyclic) bond motifs is 1. The molecule has 0 bridgehead atoms. The van der Waals surface area contributed by atoms with Crippen molar-refractivity contribution >= 4 is 23.1 Å². The van der Waals surface area contributed by atoms with E-state index >= 15 is 0 Å². The Morgan fingerprint density at radius 3 is 2.91 bits per heavy atom. The summed E-state index contributed by atoms with van der Waals surface area (Å²) in [6, 6.07) is 5.40. The van der Waals surface area contributed by atoms with Gasteiger partial charge in [-0.25, -0.2) is 9.78 Å². The molecule has 1 heterocycles. The molecule has 0 aliphatic rings. The number of amides is 1. The molecule has 116 valence electrons. The van der Waals surface area contributed by atoms with Crippen molar-refractivity contribution in [3.63, 3.8) is 0 Å². The minimum Gasteiger partial charge on any atom is -0.444 e. The van der Waals surface area contributed by atoms with E-state index in [9.17, 15) is 9.59 Å². The number of benzene rings is 1. The van der Waals surface area contributed by atoms with Crippen LogP contribution in [0.2, 0.25) is 0 Å².